The van der Waals surface area contributed by atoms with Gasteiger partial charge in [0.15, 0.2) is 17.2 Å². The van der Waals surface area contributed by atoms with Crippen molar-refractivity contribution in [1.29, 1.82) is 0 Å². The molecule has 1 rings (SSSR count). The lowest BCUT2D eigenvalue weighted by Crippen LogP contribution is -2.54. The Bertz CT molecular complexity index is 548. The van der Waals surface area contributed by atoms with Crippen molar-refractivity contribution in [2.24, 2.45) is 5.73 Å². The molecule has 0 saturated heterocycles. The molecule has 0 bridgehead atoms. The van der Waals surface area contributed by atoms with Crippen LogP contribution in [0.25, 0.3) is 0 Å². The van der Waals surface area contributed by atoms with Crippen LogP contribution in [0.1, 0.15) is 30.6 Å². The summed E-state index contributed by atoms with van der Waals surface area (Å²) in [7, 11) is -5.17. The molecule has 4 nitrogen and oxygen atoms in total. The summed E-state index contributed by atoms with van der Waals surface area (Å²) in [6.45, 7) is 2.93. The van der Waals surface area contributed by atoms with Gasteiger partial charge in [0.2, 0.25) is 0 Å². The highest BCUT2D eigenvalue weighted by molar-refractivity contribution is 7.88. The summed E-state index contributed by atoms with van der Waals surface area (Å²) in [5, 5.41) is 0. The van der Waals surface area contributed by atoms with Gasteiger partial charge in [0, 0.05) is 0 Å². The molecule has 0 spiro atoms. The first kappa shape index (κ1) is 16.9. The predicted octanol–water partition coefficient (Wildman–Crippen LogP) is 2.64. The number of nitrogens with two attached hydrogens (primary N) is 1. The molecule has 1 aromatic rings. The molecule has 114 valence electrons. The second kappa shape index (κ2) is 6.11. The Balaban J connectivity index is 3.42. The fourth-order valence-corrected chi connectivity index (χ4v) is 3.17. The molecule has 0 aliphatic heterocycles. The summed E-state index contributed by atoms with van der Waals surface area (Å²) in [5.41, 5.74) is 5.66. The summed E-state index contributed by atoms with van der Waals surface area (Å²) in [4.78, 5) is 0. The molecule has 2 N–H and O–H groups in total. The van der Waals surface area contributed by atoms with E-state index in [1.807, 2.05) is 0 Å². The van der Waals surface area contributed by atoms with Crippen LogP contribution in [-0.2, 0) is 14.5 Å². The maximum absolute atomic E-state index is 14.6. The van der Waals surface area contributed by atoms with Crippen molar-refractivity contribution in [1.82, 2.24) is 0 Å². The van der Waals surface area contributed by atoms with Gasteiger partial charge in [-0.05, 0) is 23.4 Å². The fraction of sp³-hybridized carbons (Fsp3) is 0.500. The van der Waals surface area contributed by atoms with Gasteiger partial charge in [-0.3, -0.25) is 0 Å². The molecule has 20 heavy (non-hydrogen) atoms. The normalized spacial score (nSPS) is 18.3. The van der Waals surface area contributed by atoms with Gasteiger partial charge >= 0.3 is 10.1 Å². The molecular weight excluding hydrogens is 295 g/mol. The highest BCUT2D eigenvalue weighted by Gasteiger charge is 2.57. The van der Waals surface area contributed by atoms with E-state index in [9.17, 15) is 21.7 Å². The molecule has 0 aromatic heterocycles. The average Bonchev–Trinajstić information content (AvgIpc) is 2.40. The third-order valence-electron chi connectivity index (χ3n) is 3.37. The summed E-state index contributed by atoms with van der Waals surface area (Å²) in [5.74, 6) is 0. The van der Waals surface area contributed by atoms with Crippen LogP contribution in [0.3, 0.4) is 0 Å². The second-order valence-corrected chi connectivity index (χ2v) is 6.29. The summed E-state index contributed by atoms with van der Waals surface area (Å²) >= 11 is 0. The Morgan fingerprint density at radius 2 is 1.80 bits per heavy atom. The minimum Gasteiger partial charge on any atom is -0.300 e. The van der Waals surface area contributed by atoms with E-state index in [-0.39, 0.29) is 5.56 Å². The van der Waals surface area contributed by atoms with Crippen LogP contribution in [0.15, 0.2) is 24.3 Å². The summed E-state index contributed by atoms with van der Waals surface area (Å²) in [6.07, 6.45) is -5.61. The van der Waals surface area contributed by atoms with Crippen molar-refractivity contribution in [3.8, 4) is 0 Å². The molecule has 0 radical (unpaired) electrons. The SMILES string of the molecule is CCC(C(N)F)(C(F)c1ccc(C)cc1)S(=O)(=O)OF. The first-order valence-electron chi connectivity index (χ1n) is 5.88. The van der Waals surface area contributed by atoms with E-state index < -0.39 is 33.8 Å². The lowest BCUT2D eigenvalue weighted by Gasteiger charge is -2.33. The van der Waals surface area contributed by atoms with Crippen LogP contribution in [0.5, 0.6) is 0 Å². The number of halogens is 3. The van der Waals surface area contributed by atoms with Gasteiger partial charge in [-0.2, -0.15) is 8.42 Å². The van der Waals surface area contributed by atoms with Crippen molar-refractivity contribution in [2.45, 2.75) is 37.5 Å². The Hall–Kier alpha value is -1.12. The van der Waals surface area contributed by atoms with Gasteiger partial charge < -0.3 is 5.73 Å². The van der Waals surface area contributed by atoms with Gasteiger partial charge in [-0.1, -0.05) is 41.1 Å². The van der Waals surface area contributed by atoms with E-state index in [1.54, 1.807) is 6.92 Å². The highest BCUT2D eigenvalue weighted by Crippen LogP contribution is 2.42. The van der Waals surface area contributed by atoms with E-state index in [2.05, 4.69) is 4.39 Å². The van der Waals surface area contributed by atoms with Crippen molar-refractivity contribution in [3.05, 3.63) is 35.4 Å². The minimum atomic E-state index is -5.17. The van der Waals surface area contributed by atoms with Crippen LogP contribution >= 0.6 is 0 Å². The maximum atomic E-state index is 14.6. The molecule has 0 aliphatic carbocycles. The van der Waals surface area contributed by atoms with Crippen LogP contribution in [0.4, 0.5) is 13.3 Å². The Labute approximate surface area is 115 Å². The lowest BCUT2D eigenvalue weighted by atomic mass is 9.92. The summed E-state index contributed by atoms with van der Waals surface area (Å²) in [6, 6.07) is 5.63. The van der Waals surface area contributed by atoms with E-state index in [0.717, 1.165) is 5.56 Å². The van der Waals surface area contributed by atoms with E-state index in [1.165, 1.54) is 31.2 Å². The van der Waals surface area contributed by atoms with Gasteiger partial charge in [-0.25, -0.2) is 8.78 Å². The summed E-state index contributed by atoms with van der Waals surface area (Å²) < 4.78 is 63.7. The van der Waals surface area contributed by atoms with Gasteiger partial charge in [0.1, 0.15) is 0 Å². The molecule has 0 heterocycles. The first-order chi connectivity index (χ1) is 9.22. The highest BCUT2D eigenvalue weighted by atomic mass is 32.2. The zero-order valence-corrected chi connectivity index (χ0v) is 11.8. The molecule has 1 aromatic carbocycles. The fourth-order valence-electron chi connectivity index (χ4n) is 2.03. The van der Waals surface area contributed by atoms with Crippen LogP contribution in [0, 0.1) is 6.92 Å². The van der Waals surface area contributed by atoms with Crippen molar-refractivity contribution < 1.29 is 26.1 Å². The molecule has 8 heteroatoms. The molecule has 0 aliphatic rings. The average molecular weight is 311 g/mol. The molecule has 3 atom stereocenters. The van der Waals surface area contributed by atoms with E-state index in [0.29, 0.717) is 0 Å². The van der Waals surface area contributed by atoms with E-state index >= 15 is 0 Å². The maximum Gasteiger partial charge on any atom is 0.311 e. The topological polar surface area (TPSA) is 69.4 Å². The number of benzene rings is 1. The number of rotatable bonds is 6. The van der Waals surface area contributed by atoms with Crippen molar-refractivity contribution >= 4 is 10.1 Å². The van der Waals surface area contributed by atoms with Crippen molar-refractivity contribution in [3.63, 3.8) is 0 Å². The number of hydrogen-bond donors (Lipinski definition) is 1. The van der Waals surface area contributed by atoms with Gasteiger partial charge in [0.05, 0.1) is 0 Å². The molecular formula is C12H16F3NO3S. The quantitative estimate of drug-likeness (QED) is 0.820. The van der Waals surface area contributed by atoms with Gasteiger partial charge in [0.25, 0.3) is 0 Å². The zero-order chi connectivity index (χ0) is 15.6. The molecule has 3 unspecified atom stereocenters. The Kier molecular flexibility index (Phi) is 5.17. The van der Waals surface area contributed by atoms with Crippen LogP contribution in [-0.4, -0.2) is 19.5 Å². The largest absolute Gasteiger partial charge is 0.311 e. The monoisotopic (exact) mass is 311 g/mol. The first-order valence-corrected chi connectivity index (χ1v) is 7.28. The molecule has 0 fully saturated rings. The lowest BCUT2D eigenvalue weighted by molar-refractivity contribution is -0.0112. The molecule has 0 saturated carbocycles. The number of hydrogen-bond acceptors (Lipinski definition) is 4. The minimum absolute atomic E-state index is 0.119. The number of aryl methyl sites for hydroxylation is 1. The zero-order valence-electron chi connectivity index (χ0n) is 11.0. The van der Waals surface area contributed by atoms with Gasteiger partial charge in [-0.15, -0.1) is 0 Å². The van der Waals surface area contributed by atoms with Crippen molar-refractivity contribution in [2.75, 3.05) is 0 Å². The predicted molar refractivity (Wildman–Crippen MR) is 68.2 cm³/mol. The Morgan fingerprint density at radius 1 is 1.30 bits per heavy atom. The van der Waals surface area contributed by atoms with Crippen LogP contribution in [0.2, 0.25) is 0 Å². The van der Waals surface area contributed by atoms with E-state index in [4.69, 9.17) is 5.73 Å². The molecule has 0 amide bonds. The Morgan fingerprint density at radius 3 is 2.15 bits per heavy atom. The second-order valence-electron chi connectivity index (χ2n) is 4.50. The third-order valence-corrected chi connectivity index (χ3v) is 5.18. The van der Waals surface area contributed by atoms with Crippen LogP contribution < -0.4 is 5.73 Å². The number of alkyl halides is 2. The standard InChI is InChI=1S/C12H16F3NO3S/c1-3-12(11(14)16,20(17,18)19-15)10(13)9-6-4-8(2)5-7-9/h4-7,10-11H,3,16H2,1-2H3. The smallest absolute Gasteiger partial charge is 0.300 e. The third kappa shape index (κ3) is 2.68.